The molecule has 74 valence electrons. The van der Waals surface area contributed by atoms with E-state index in [0.29, 0.717) is 12.2 Å². The van der Waals surface area contributed by atoms with Crippen molar-refractivity contribution in [3.63, 3.8) is 0 Å². The van der Waals surface area contributed by atoms with Crippen LogP contribution in [0, 0.1) is 0 Å². The first-order valence-electron chi connectivity index (χ1n) is 3.53. The van der Waals surface area contributed by atoms with Crippen LogP contribution in [0.1, 0.15) is 13.8 Å². The van der Waals surface area contributed by atoms with E-state index in [1.54, 1.807) is 0 Å². The second-order valence-electron chi connectivity index (χ2n) is 2.65. The van der Waals surface area contributed by atoms with Crippen LogP contribution in [0.5, 0.6) is 0 Å². The average Bonchev–Trinajstić information content (AvgIpc) is 1.96. The third-order valence-corrected chi connectivity index (χ3v) is 1.31. The van der Waals surface area contributed by atoms with Gasteiger partial charge in [-0.15, -0.1) is 0 Å². The van der Waals surface area contributed by atoms with Gasteiger partial charge in [-0.2, -0.15) is 13.2 Å². The molecule has 4 heteroatoms. The first-order valence-corrected chi connectivity index (χ1v) is 3.53. The minimum atomic E-state index is -4.55. The first-order chi connectivity index (χ1) is 5.79. The third-order valence-electron chi connectivity index (χ3n) is 1.31. The molecule has 0 spiro atoms. The molecule has 0 bridgehead atoms. The van der Waals surface area contributed by atoms with Crippen molar-refractivity contribution in [2.24, 2.45) is 0 Å². The van der Waals surface area contributed by atoms with Crippen molar-refractivity contribution < 1.29 is 17.6 Å². The van der Waals surface area contributed by atoms with Crippen molar-refractivity contribution in [2.75, 3.05) is 0 Å². The molecule has 0 heterocycles. The molecule has 0 unspecified atom stereocenters. The third kappa shape index (κ3) is 3.92. The Kier molecular flexibility index (Phi) is 3.91. The molecular formula is C9H10F4. The molecule has 0 amide bonds. The molecule has 0 saturated heterocycles. The van der Waals surface area contributed by atoms with Crippen molar-refractivity contribution in [1.29, 1.82) is 0 Å². The Morgan fingerprint density at radius 1 is 1.23 bits per heavy atom. The highest BCUT2D eigenvalue weighted by Gasteiger charge is 2.31. The predicted octanol–water partition coefficient (Wildman–Crippen LogP) is 3.92. The summed E-state index contributed by atoms with van der Waals surface area (Å²) in [5.74, 6) is -0.882. The summed E-state index contributed by atoms with van der Waals surface area (Å²) in [6.07, 6.45) is -3.53. The van der Waals surface area contributed by atoms with Crippen LogP contribution in [0.25, 0.3) is 0 Å². The van der Waals surface area contributed by atoms with E-state index in [1.165, 1.54) is 13.8 Å². The van der Waals surface area contributed by atoms with Crippen LogP contribution in [-0.2, 0) is 0 Å². The summed E-state index contributed by atoms with van der Waals surface area (Å²) in [4.78, 5) is 0. The molecule has 0 aromatic carbocycles. The Bertz CT molecular complexity index is 251. The van der Waals surface area contributed by atoms with Crippen LogP contribution in [-0.4, -0.2) is 6.18 Å². The minimum absolute atomic E-state index is 0.198. The molecule has 0 atom stereocenters. The van der Waals surface area contributed by atoms with Gasteiger partial charge in [0.25, 0.3) is 0 Å². The lowest BCUT2D eigenvalue weighted by Gasteiger charge is -2.06. The quantitative estimate of drug-likeness (QED) is 0.461. The SMILES string of the molecule is C=C/C(=C\C(F)=C(C)C)C(F)(F)F. The maximum Gasteiger partial charge on any atom is 0.416 e. The van der Waals surface area contributed by atoms with Gasteiger partial charge in [0.1, 0.15) is 5.83 Å². The average molecular weight is 194 g/mol. The van der Waals surface area contributed by atoms with Crippen molar-refractivity contribution in [2.45, 2.75) is 20.0 Å². The second-order valence-corrected chi connectivity index (χ2v) is 2.65. The number of allylic oxidation sites excluding steroid dienone is 5. The molecule has 0 nitrogen and oxygen atoms in total. The Hall–Kier alpha value is -1.06. The summed E-state index contributed by atoms with van der Waals surface area (Å²) in [5.41, 5.74) is -0.880. The molecule has 0 aromatic heterocycles. The Labute approximate surface area is 74.3 Å². The van der Waals surface area contributed by atoms with Crippen LogP contribution in [0.4, 0.5) is 17.6 Å². The molecule has 0 aliphatic heterocycles. The van der Waals surface area contributed by atoms with Gasteiger partial charge < -0.3 is 0 Å². The van der Waals surface area contributed by atoms with Gasteiger partial charge in [0.2, 0.25) is 0 Å². The zero-order valence-electron chi connectivity index (χ0n) is 7.37. The summed E-state index contributed by atoms with van der Waals surface area (Å²) >= 11 is 0. The normalized spacial score (nSPS) is 12.6. The van der Waals surface area contributed by atoms with Gasteiger partial charge in [-0.3, -0.25) is 0 Å². The number of halogens is 4. The lowest BCUT2D eigenvalue weighted by atomic mass is 10.2. The summed E-state index contributed by atoms with van der Waals surface area (Å²) in [7, 11) is 0. The standard InChI is InChI=1S/C9H10F4/c1-4-7(9(11,12)13)5-8(10)6(2)3/h4-5H,1H2,2-3H3/b7-5+. The van der Waals surface area contributed by atoms with Crippen molar-refractivity contribution >= 4 is 0 Å². The smallest absolute Gasteiger partial charge is 0.207 e. The highest BCUT2D eigenvalue weighted by molar-refractivity contribution is 5.30. The molecule has 0 rings (SSSR count). The van der Waals surface area contributed by atoms with Crippen LogP contribution in [0.2, 0.25) is 0 Å². The number of rotatable bonds is 2. The lowest BCUT2D eigenvalue weighted by molar-refractivity contribution is -0.0882. The summed E-state index contributed by atoms with van der Waals surface area (Å²) in [5, 5.41) is 0. The fraction of sp³-hybridized carbons (Fsp3) is 0.333. The van der Waals surface area contributed by atoms with E-state index in [1.807, 2.05) is 0 Å². The van der Waals surface area contributed by atoms with Crippen molar-refractivity contribution in [3.05, 3.63) is 35.7 Å². The van der Waals surface area contributed by atoms with Crippen LogP contribution < -0.4 is 0 Å². The fourth-order valence-corrected chi connectivity index (χ4v) is 0.537. The highest BCUT2D eigenvalue weighted by Crippen LogP contribution is 2.27. The van der Waals surface area contributed by atoms with E-state index in [0.717, 1.165) is 0 Å². The molecule has 0 aromatic rings. The maximum absolute atomic E-state index is 12.7. The Morgan fingerprint density at radius 2 is 1.69 bits per heavy atom. The maximum atomic E-state index is 12.7. The van der Waals surface area contributed by atoms with E-state index in [9.17, 15) is 17.6 Å². The number of alkyl halides is 3. The minimum Gasteiger partial charge on any atom is -0.207 e. The molecule has 0 N–H and O–H groups in total. The molecule has 0 aliphatic carbocycles. The molecular weight excluding hydrogens is 184 g/mol. The topological polar surface area (TPSA) is 0 Å². The zero-order chi connectivity index (χ0) is 10.6. The summed E-state index contributed by atoms with van der Waals surface area (Å²) < 4.78 is 48.8. The molecule has 13 heavy (non-hydrogen) atoms. The van der Waals surface area contributed by atoms with E-state index in [-0.39, 0.29) is 5.57 Å². The van der Waals surface area contributed by atoms with Gasteiger partial charge in [0.05, 0.1) is 5.57 Å². The molecule has 0 saturated carbocycles. The summed E-state index contributed by atoms with van der Waals surface area (Å²) in [6, 6.07) is 0. The number of hydrogen-bond acceptors (Lipinski definition) is 0. The highest BCUT2D eigenvalue weighted by atomic mass is 19.4. The largest absolute Gasteiger partial charge is 0.416 e. The fourth-order valence-electron chi connectivity index (χ4n) is 0.537. The molecule has 0 aliphatic rings. The van der Waals surface area contributed by atoms with Crippen molar-refractivity contribution in [1.82, 2.24) is 0 Å². The predicted molar refractivity (Wildman–Crippen MR) is 43.8 cm³/mol. The van der Waals surface area contributed by atoms with Crippen LogP contribution in [0.15, 0.2) is 35.7 Å². The molecule has 0 radical (unpaired) electrons. The van der Waals surface area contributed by atoms with Gasteiger partial charge >= 0.3 is 6.18 Å². The Morgan fingerprint density at radius 3 is 1.92 bits per heavy atom. The molecule has 0 fully saturated rings. The Balaban J connectivity index is 5.01. The second kappa shape index (κ2) is 4.25. The van der Waals surface area contributed by atoms with Crippen molar-refractivity contribution in [3.8, 4) is 0 Å². The lowest BCUT2D eigenvalue weighted by Crippen LogP contribution is -2.09. The van der Waals surface area contributed by atoms with Gasteiger partial charge in [0, 0.05) is 0 Å². The van der Waals surface area contributed by atoms with Crippen LogP contribution in [0.3, 0.4) is 0 Å². The summed E-state index contributed by atoms with van der Waals surface area (Å²) in [6.45, 7) is 5.75. The van der Waals surface area contributed by atoms with E-state index in [4.69, 9.17) is 0 Å². The van der Waals surface area contributed by atoms with Crippen LogP contribution >= 0.6 is 0 Å². The van der Waals surface area contributed by atoms with Gasteiger partial charge in [-0.25, -0.2) is 4.39 Å². The van der Waals surface area contributed by atoms with Gasteiger partial charge in [-0.05, 0) is 25.5 Å². The van der Waals surface area contributed by atoms with E-state index >= 15 is 0 Å². The first kappa shape index (κ1) is 11.9. The number of hydrogen-bond donors (Lipinski definition) is 0. The van der Waals surface area contributed by atoms with Gasteiger partial charge in [0.15, 0.2) is 0 Å². The monoisotopic (exact) mass is 194 g/mol. The zero-order valence-corrected chi connectivity index (χ0v) is 7.37. The van der Waals surface area contributed by atoms with Gasteiger partial charge in [-0.1, -0.05) is 12.7 Å². The van der Waals surface area contributed by atoms with E-state index < -0.39 is 17.6 Å². The van der Waals surface area contributed by atoms with E-state index in [2.05, 4.69) is 6.58 Å².